The SMILES string of the molecule is Cc1ccc(C)c(Oc2nnc(CN)s2)c1. The third-order valence-electron chi connectivity index (χ3n) is 2.16. The molecule has 4 nitrogen and oxygen atoms in total. The zero-order valence-electron chi connectivity index (χ0n) is 9.23. The van der Waals surface area contributed by atoms with E-state index in [4.69, 9.17) is 10.5 Å². The van der Waals surface area contributed by atoms with Crippen LogP contribution in [0.2, 0.25) is 0 Å². The highest BCUT2D eigenvalue weighted by Gasteiger charge is 2.07. The fourth-order valence-electron chi connectivity index (χ4n) is 1.27. The van der Waals surface area contributed by atoms with Gasteiger partial charge in [-0.1, -0.05) is 28.6 Å². The molecular weight excluding hydrogens is 222 g/mol. The van der Waals surface area contributed by atoms with Crippen LogP contribution < -0.4 is 10.5 Å². The Morgan fingerprint density at radius 3 is 2.81 bits per heavy atom. The fourth-order valence-corrected chi connectivity index (χ4v) is 1.85. The second kappa shape index (κ2) is 4.59. The van der Waals surface area contributed by atoms with Gasteiger partial charge in [-0.2, -0.15) is 0 Å². The molecule has 0 fully saturated rings. The van der Waals surface area contributed by atoms with E-state index < -0.39 is 0 Å². The molecule has 1 aromatic heterocycles. The summed E-state index contributed by atoms with van der Waals surface area (Å²) in [5.41, 5.74) is 7.70. The number of nitrogens with zero attached hydrogens (tertiary/aromatic N) is 2. The van der Waals surface area contributed by atoms with Crippen LogP contribution in [0.4, 0.5) is 0 Å². The summed E-state index contributed by atoms with van der Waals surface area (Å²) in [6.07, 6.45) is 0. The second-order valence-electron chi connectivity index (χ2n) is 3.54. The molecule has 0 spiro atoms. The van der Waals surface area contributed by atoms with Crippen LogP contribution in [0.25, 0.3) is 0 Å². The first-order chi connectivity index (χ1) is 7.69. The van der Waals surface area contributed by atoms with Gasteiger partial charge in [-0.15, -0.1) is 5.10 Å². The van der Waals surface area contributed by atoms with Gasteiger partial charge in [0.05, 0.1) is 0 Å². The number of ether oxygens (including phenoxy) is 1. The molecule has 1 aromatic carbocycles. The van der Waals surface area contributed by atoms with Crippen molar-refractivity contribution in [3.05, 3.63) is 34.3 Å². The topological polar surface area (TPSA) is 61.0 Å². The number of aromatic nitrogens is 2. The number of aryl methyl sites for hydroxylation is 2. The summed E-state index contributed by atoms with van der Waals surface area (Å²) < 4.78 is 5.66. The molecule has 16 heavy (non-hydrogen) atoms. The maximum Gasteiger partial charge on any atom is 0.299 e. The molecule has 0 aliphatic rings. The van der Waals surface area contributed by atoms with Gasteiger partial charge in [0.1, 0.15) is 10.8 Å². The maximum absolute atomic E-state index is 5.66. The zero-order chi connectivity index (χ0) is 11.5. The lowest BCUT2D eigenvalue weighted by molar-refractivity contribution is 0.469. The summed E-state index contributed by atoms with van der Waals surface area (Å²) >= 11 is 1.37. The van der Waals surface area contributed by atoms with Crippen LogP contribution in [0, 0.1) is 13.8 Å². The predicted molar refractivity (Wildman–Crippen MR) is 63.8 cm³/mol. The molecule has 0 amide bonds. The Hall–Kier alpha value is -1.46. The minimum absolute atomic E-state index is 0.397. The third kappa shape index (κ3) is 2.37. The van der Waals surface area contributed by atoms with Crippen molar-refractivity contribution in [1.82, 2.24) is 10.2 Å². The van der Waals surface area contributed by atoms with Gasteiger partial charge in [-0.05, 0) is 31.0 Å². The molecule has 2 rings (SSSR count). The number of nitrogens with two attached hydrogens (primary N) is 1. The quantitative estimate of drug-likeness (QED) is 0.887. The molecule has 0 atom stereocenters. The molecule has 2 N–H and O–H groups in total. The summed E-state index contributed by atoms with van der Waals surface area (Å²) in [4.78, 5) is 0. The molecule has 0 radical (unpaired) electrons. The lowest BCUT2D eigenvalue weighted by atomic mass is 10.1. The van der Waals surface area contributed by atoms with Gasteiger partial charge in [-0.3, -0.25) is 0 Å². The van der Waals surface area contributed by atoms with Crippen molar-refractivity contribution in [3.63, 3.8) is 0 Å². The third-order valence-corrected chi connectivity index (χ3v) is 2.99. The molecule has 0 unspecified atom stereocenters. The first kappa shape index (κ1) is 11.0. The van der Waals surface area contributed by atoms with E-state index in [1.165, 1.54) is 11.3 Å². The summed E-state index contributed by atoms with van der Waals surface area (Å²) in [6, 6.07) is 6.06. The predicted octanol–water partition coefficient (Wildman–Crippen LogP) is 2.41. The van der Waals surface area contributed by atoms with Gasteiger partial charge in [0.25, 0.3) is 5.19 Å². The molecule has 0 bridgehead atoms. The van der Waals surface area contributed by atoms with Crippen molar-refractivity contribution >= 4 is 11.3 Å². The van der Waals surface area contributed by atoms with Crippen LogP contribution in [0.1, 0.15) is 16.1 Å². The van der Waals surface area contributed by atoms with Crippen molar-refractivity contribution in [3.8, 4) is 10.9 Å². The number of rotatable bonds is 3. The zero-order valence-corrected chi connectivity index (χ0v) is 10.0. The first-order valence-electron chi connectivity index (χ1n) is 4.96. The number of hydrogen-bond donors (Lipinski definition) is 1. The van der Waals surface area contributed by atoms with Crippen molar-refractivity contribution in [2.24, 2.45) is 5.73 Å². The molecule has 0 saturated carbocycles. The molecule has 0 aliphatic heterocycles. The van der Waals surface area contributed by atoms with Gasteiger partial charge in [-0.25, -0.2) is 0 Å². The Bertz CT molecular complexity index is 496. The maximum atomic E-state index is 5.66. The summed E-state index contributed by atoms with van der Waals surface area (Å²) in [7, 11) is 0. The largest absolute Gasteiger partial charge is 0.430 e. The minimum atomic E-state index is 0.397. The molecule has 0 aliphatic carbocycles. The van der Waals surface area contributed by atoms with Gasteiger partial charge in [0, 0.05) is 6.54 Å². The highest BCUT2D eigenvalue weighted by atomic mass is 32.1. The van der Waals surface area contributed by atoms with Crippen molar-refractivity contribution in [2.75, 3.05) is 0 Å². The van der Waals surface area contributed by atoms with E-state index in [1.54, 1.807) is 0 Å². The van der Waals surface area contributed by atoms with Crippen LogP contribution in [-0.2, 0) is 6.54 Å². The van der Waals surface area contributed by atoms with E-state index >= 15 is 0 Å². The lowest BCUT2D eigenvalue weighted by Crippen LogP contribution is -1.94. The van der Waals surface area contributed by atoms with E-state index in [0.29, 0.717) is 11.7 Å². The van der Waals surface area contributed by atoms with Crippen molar-refractivity contribution in [1.29, 1.82) is 0 Å². The highest BCUT2D eigenvalue weighted by Crippen LogP contribution is 2.28. The van der Waals surface area contributed by atoms with E-state index in [2.05, 4.69) is 10.2 Å². The Morgan fingerprint density at radius 1 is 1.31 bits per heavy atom. The Labute approximate surface area is 98.1 Å². The van der Waals surface area contributed by atoms with Gasteiger partial charge in [0.2, 0.25) is 0 Å². The van der Waals surface area contributed by atoms with Crippen LogP contribution in [0.15, 0.2) is 18.2 Å². The average Bonchev–Trinajstić information content (AvgIpc) is 2.71. The Balaban J connectivity index is 2.22. The highest BCUT2D eigenvalue weighted by molar-refractivity contribution is 7.13. The number of hydrogen-bond acceptors (Lipinski definition) is 5. The standard InChI is InChI=1S/C11H13N3OS/c1-7-3-4-8(2)9(5-7)15-11-14-13-10(6-12)16-11/h3-5H,6,12H2,1-2H3. The van der Waals surface area contributed by atoms with Crippen molar-refractivity contribution < 1.29 is 4.74 Å². The number of benzene rings is 1. The van der Waals surface area contributed by atoms with Crippen LogP contribution in [0.3, 0.4) is 0 Å². The second-order valence-corrected chi connectivity index (χ2v) is 4.56. The average molecular weight is 235 g/mol. The molecule has 2 aromatic rings. The molecule has 1 heterocycles. The van der Waals surface area contributed by atoms with Gasteiger partial charge in [0.15, 0.2) is 0 Å². The van der Waals surface area contributed by atoms with E-state index in [9.17, 15) is 0 Å². The summed E-state index contributed by atoms with van der Waals surface area (Å²) in [5, 5.41) is 9.14. The fraction of sp³-hybridized carbons (Fsp3) is 0.273. The van der Waals surface area contributed by atoms with E-state index in [-0.39, 0.29) is 0 Å². The van der Waals surface area contributed by atoms with Crippen LogP contribution in [0.5, 0.6) is 10.9 Å². The van der Waals surface area contributed by atoms with Crippen LogP contribution in [-0.4, -0.2) is 10.2 Å². The monoisotopic (exact) mass is 235 g/mol. The van der Waals surface area contributed by atoms with E-state index in [1.807, 2.05) is 32.0 Å². The van der Waals surface area contributed by atoms with Gasteiger partial charge < -0.3 is 10.5 Å². The minimum Gasteiger partial charge on any atom is -0.430 e. The first-order valence-corrected chi connectivity index (χ1v) is 5.78. The molecule has 84 valence electrons. The smallest absolute Gasteiger partial charge is 0.299 e. The summed E-state index contributed by atoms with van der Waals surface area (Å²) in [6.45, 7) is 4.42. The van der Waals surface area contributed by atoms with Crippen molar-refractivity contribution in [2.45, 2.75) is 20.4 Å². The molecule has 5 heteroatoms. The normalized spacial score (nSPS) is 10.4. The lowest BCUT2D eigenvalue weighted by Gasteiger charge is -2.05. The van der Waals surface area contributed by atoms with Crippen LogP contribution >= 0.6 is 11.3 Å². The molecule has 0 saturated heterocycles. The Kier molecular flexibility index (Phi) is 3.17. The summed E-state index contributed by atoms with van der Waals surface area (Å²) in [5.74, 6) is 0.819. The van der Waals surface area contributed by atoms with E-state index in [0.717, 1.165) is 21.9 Å². The Morgan fingerprint density at radius 2 is 2.12 bits per heavy atom. The van der Waals surface area contributed by atoms with Gasteiger partial charge >= 0.3 is 0 Å². The molecular formula is C11H13N3OS.